The van der Waals surface area contributed by atoms with E-state index in [1.54, 1.807) is 11.8 Å². The average molecular weight is 355 g/mol. The Bertz CT molecular complexity index is 477. The lowest BCUT2D eigenvalue weighted by Gasteiger charge is -2.23. The maximum atomic E-state index is 5.72. The minimum absolute atomic E-state index is 0.527. The first-order valence-corrected chi connectivity index (χ1v) is 8.94. The van der Waals surface area contributed by atoms with Crippen molar-refractivity contribution in [3.05, 3.63) is 28.7 Å². The first-order chi connectivity index (χ1) is 9.81. The highest BCUT2D eigenvalue weighted by Gasteiger charge is 2.30. The van der Waals surface area contributed by atoms with Gasteiger partial charge in [-0.25, -0.2) is 0 Å². The van der Waals surface area contributed by atoms with Crippen molar-refractivity contribution in [3.63, 3.8) is 0 Å². The van der Waals surface area contributed by atoms with E-state index in [4.69, 9.17) is 9.73 Å². The maximum Gasteiger partial charge on any atom is 0.157 e. The number of hydrogen-bond donors (Lipinski definition) is 1. The molecule has 0 aromatic heterocycles. The van der Waals surface area contributed by atoms with Gasteiger partial charge in [0.25, 0.3) is 0 Å². The molecular weight excluding hydrogens is 336 g/mol. The fourth-order valence-electron chi connectivity index (χ4n) is 2.69. The predicted molar refractivity (Wildman–Crippen MR) is 88.7 cm³/mol. The average Bonchev–Trinajstić information content (AvgIpc) is 2.88. The standard InChI is InChI=1S/C15H19BrN2OS/c16-11-5-7-12(8-6-11)19-9-10-20-15-17-13-3-1-2-4-14(13)18-15/h5-8,13-14H,1-4,9-10H2,(H,17,18). The number of nitrogens with one attached hydrogen (secondary N) is 1. The highest BCUT2D eigenvalue weighted by atomic mass is 79.9. The molecule has 1 aromatic carbocycles. The molecule has 1 aliphatic carbocycles. The summed E-state index contributed by atoms with van der Waals surface area (Å²) in [6.45, 7) is 0.711. The third kappa shape index (κ3) is 3.70. The molecule has 2 atom stereocenters. The van der Waals surface area contributed by atoms with Crippen molar-refractivity contribution in [2.45, 2.75) is 37.8 Å². The molecule has 5 heteroatoms. The van der Waals surface area contributed by atoms with E-state index >= 15 is 0 Å². The molecule has 1 saturated carbocycles. The number of amidine groups is 1. The van der Waals surface area contributed by atoms with Crippen LogP contribution in [-0.2, 0) is 0 Å². The second-order valence-corrected chi connectivity index (χ2v) is 7.19. The Balaban J connectivity index is 1.39. The fourth-order valence-corrected chi connectivity index (χ4v) is 3.76. The lowest BCUT2D eigenvalue weighted by molar-refractivity contribution is 0.344. The van der Waals surface area contributed by atoms with Crippen molar-refractivity contribution >= 4 is 32.9 Å². The van der Waals surface area contributed by atoms with E-state index in [2.05, 4.69) is 21.2 Å². The molecule has 1 aliphatic heterocycles. The van der Waals surface area contributed by atoms with E-state index in [0.29, 0.717) is 18.7 Å². The van der Waals surface area contributed by atoms with Crippen molar-refractivity contribution in [2.75, 3.05) is 12.4 Å². The van der Waals surface area contributed by atoms with Crippen LogP contribution in [0, 0.1) is 0 Å². The summed E-state index contributed by atoms with van der Waals surface area (Å²) in [6, 6.07) is 9.08. The predicted octanol–water partition coefficient (Wildman–Crippen LogP) is 3.83. The molecule has 2 unspecified atom stereocenters. The Labute approximate surface area is 132 Å². The van der Waals surface area contributed by atoms with Gasteiger partial charge in [-0.1, -0.05) is 40.5 Å². The summed E-state index contributed by atoms with van der Waals surface area (Å²) in [5.41, 5.74) is 0. The second-order valence-electron chi connectivity index (χ2n) is 5.19. The smallest absolute Gasteiger partial charge is 0.157 e. The lowest BCUT2D eigenvalue weighted by Crippen LogP contribution is -2.36. The first kappa shape index (κ1) is 14.3. The van der Waals surface area contributed by atoms with Crippen LogP contribution >= 0.6 is 27.7 Å². The van der Waals surface area contributed by atoms with Gasteiger partial charge in [0, 0.05) is 10.2 Å². The van der Waals surface area contributed by atoms with Gasteiger partial charge in [0.15, 0.2) is 5.17 Å². The molecule has 1 heterocycles. The lowest BCUT2D eigenvalue weighted by atomic mass is 9.92. The molecule has 0 bridgehead atoms. The van der Waals surface area contributed by atoms with E-state index in [-0.39, 0.29) is 0 Å². The van der Waals surface area contributed by atoms with E-state index in [9.17, 15) is 0 Å². The van der Waals surface area contributed by atoms with Crippen LogP contribution in [0.1, 0.15) is 25.7 Å². The summed E-state index contributed by atoms with van der Waals surface area (Å²) in [5.74, 6) is 1.85. The van der Waals surface area contributed by atoms with Crippen molar-refractivity contribution in [3.8, 4) is 5.75 Å². The molecule has 1 aromatic rings. The van der Waals surface area contributed by atoms with Crippen molar-refractivity contribution in [1.82, 2.24) is 5.32 Å². The molecule has 1 fully saturated rings. The van der Waals surface area contributed by atoms with Crippen LogP contribution in [0.25, 0.3) is 0 Å². The number of ether oxygens (including phenoxy) is 1. The summed E-state index contributed by atoms with van der Waals surface area (Å²) < 4.78 is 6.79. The Morgan fingerprint density at radius 3 is 2.85 bits per heavy atom. The number of benzene rings is 1. The number of hydrogen-bond acceptors (Lipinski definition) is 4. The Morgan fingerprint density at radius 2 is 2.05 bits per heavy atom. The van der Waals surface area contributed by atoms with Crippen LogP contribution in [-0.4, -0.2) is 29.6 Å². The Kier molecular flexibility index (Phi) is 4.89. The topological polar surface area (TPSA) is 33.6 Å². The normalized spacial score (nSPS) is 24.8. The van der Waals surface area contributed by atoms with Crippen molar-refractivity contribution in [1.29, 1.82) is 0 Å². The van der Waals surface area contributed by atoms with Crippen LogP contribution in [0.15, 0.2) is 33.7 Å². The van der Waals surface area contributed by atoms with Gasteiger partial charge in [0.2, 0.25) is 0 Å². The minimum atomic E-state index is 0.527. The zero-order chi connectivity index (χ0) is 13.8. The van der Waals surface area contributed by atoms with Crippen LogP contribution < -0.4 is 10.1 Å². The zero-order valence-corrected chi connectivity index (χ0v) is 13.8. The van der Waals surface area contributed by atoms with Gasteiger partial charge in [0.1, 0.15) is 5.75 Å². The maximum absolute atomic E-state index is 5.72. The fraction of sp³-hybridized carbons (Fsp3) is 0.533. The molecule has 20 heavy (non-hydrogen) atoms. The van der Waals surface area contributed by atoms with Crippen molar-refractivity contribution in [2.24, 2.45) is 4.99 Å². The van der Waals surface area contributed by atoms with Gasteiger partial charge in [-0.2, -0.15) is 0 Å². The van der Waals surface area contributed by atoms with Gasteiger partial charge in [0.05, 0.1) is 18.7 Å². The van der Waals surface area contributed by atoms with Gasteiger partial charge in [-0.15, -0.1) is 0 Å². The third-order valence-corrected chi connectivity index (χ3v) is 5.12. The van der Waals surface area contributed by atoms with Crippen LogP contribution in [0.5, 0.6) is 5.75 Å². The SMILES string of the molecule is Brc1ccc(OCCSC2=NC3CCCCC3N2)cc1. The monoisotopic (exact) mass is 354 g/mol. The Morgan fingerprint density at radius 1 is 1.25 bits per heavy atom. The zero-order valence-electron chi connectivity index (χ0n) is 11.3. The quantitative estimate of drug-likeness (QED) is 0.834. The minimum Gasteiger partial charge on any atom is -0.493 e. The van der Waals surface area contributed by atoms with E-state index in [1.165, 1.54) is 25.7 Å². The molecule has 0 amide bonds. The summed E-state index contributed by atoms with van der Waals surface area (Å²) >= 11 is 5.20. The molecule has 3 rings (SSSR count). The molecular formula is C15H19BrN2OS. The summed E-state index contributed by atoms with van der Waals surface area (Å²) in [5, 5.41) is 4.66. The molecule has 0 spiro atoms. The van der Waals surface area contributed by atoms with Crippen LogP contribution in [0.2, 0.25) is 0 Å². The van der Waals surface area contributed by atoms with E-state index in [0.717, 1.165) is 21.1 Å². The van der Waals surface area contributed by atoms with Gasteiger partial charge >= 0.3 is 0 Å². The third-order valence-electron chi connectivity index (χ3n) is 3.73. The summed E-state index contributed by atoms with van der Waals surface area (Å²) in [6.07, 6.45) is 5.19. The number of fused-ring (bicyclic) bond motifs is 1. The number of nitrogens with zero attached hydrogens (tertiary/aromatic N) is 1. The summed E-state index contributed by atoms with van der Waals surface area (Å²) in [7, 11) is 0. The highest BCUT2D eigenvalue weighted by molar-refractivity contribution is 9.10. The molecule has 2 aliphatic rings. The number of halogens is 1. The highest BCUT2D eigenvalue weighted by Crippen LogP contribution is 2.27. The number of aliphatic imine (C=N–C) groups is 1. The molecule has 0 saturated heterocycles. The second kappa shape index (κ2) is 6.85. The largest absolute Gasteiger partial charge is 0.493 e. The molecule has 1 N–H and O–H groups in total. The van der Waals surface area contributed by atoms with Crippen molar-refractivity contribution < 1.29 is 4.74 Å². The van der Waals surface area contributed by atoms with E-state index < -0.39 is 0 Å². The number of thioether (sulfide) groups is 1. The first-order valence-electron chi connectivity index (χ1n) is 7.17. The van der Waals surface area contributed by atoms with E-state index in [1.807, 2.05) is 24.3 Å². The van der Waals surface area contributed by atoms with Crippen LogP contribution in [0.3, 0.4) is 0 Å². The molecule has 3 nitrogen and oxygen atoms in total. The summed E-state index contributed by atoms with van der Waals surface area (Å²) in [4.78, 5) is 4.77. The number of rotatable bonds is 4. The van der Waals surface area contributed by atoms with Crippen LogP contribution in [0.4, 0.5) is 0 Å². The Hall–Kier alpha value is -0.680. The van der Waals surface area contributed by atoms with Gasteiger partial charge in [-0.05, 0) is 37.1 Å². The molecule has 108 valence electrons. The van der Waals surface area contributed by atoms with Gasteiger partial charge in [-0.3, -0.25) is 4.99 Å². The molecule has 0 radical (unpaired) electrons. The van der Waals surface area contributed by atoms with Gasteiger partial charge < -0.3 is 10.1 Å².